The van der Waals surface area contributed by atoms with E-state index in [9.17, 15) is 18.0 Å². The van der Waals surface area contributed by atoms with Gasteiger partial charge >= 0.3 is 12.1 Å². The monoisotopic (exact) mass is 414 g/mol. The van der Waals surface area contributed by atoms with Gasteiger partial charge in [0.15, 0.2) is 0 Å². The maximum atomic E-state index is 12.5. The Bertz CT molecular complexity index is 830. The smallest absolute Gasteiger partial charge is 0.401 e. The fraction of sp³-hybridized carbons (Fsp3) is 0.474. The van der Waals surface area contributed by atoms with Gasteiger partial charge in [-0.05, 0) is 38.0 Å². The molecule has 0 atom stereocenters. The molecule has 0 unspecified atom stereocenters. The summed E-state index contributed by atoms with van der Waals surface area (Å²) in [5.41, 5.74) is 1.09. The lowest BCUT2D eigenvalue weighted by molar-refractivity contribution is -0.149. The van der Waals surface area contributed by atoms with Gasteiger partial charge in [0, 0.05) is 29.7 Å². The third-order valence-electron chi connectivity index (χ3n) is 4.44. The van der Waals surface area contributed by atoms with E-state index in [2.05, 4.69) is 4.98 Å². The number of hydrogen-bond donors (Lipinski definition) is 0. The number of methoxy groups -OCH3 is 1. The third-order valence-corrected chi connectivity index (χ3v) is 5.40. The van der Waals surface area contributed by atoms with Crippen LogP contribution in [0.4, 0.5) is 13.2 Å². The van der Waals surface area contributed by atoms with E-state index < -0.39 is 18.7 Å². The van der Waals surface area contributed by atoms with Gasteiger partial charge in [-0.1, -0.05) is 0 Å². The summed E-state index contributed by atoms with van der Waals surface area (Å²) in [6.45, 7) is 1.68. The van der Waals surface area contributed by atoms with Crippen LogP contribution in [0.25, 0.3) is 10.6 Å². The molecule has 0 amide bonds. The van der Waals surface area contributed by atoms with Crippen molar-refractivity contribution >= 4 is 17.3 Å². The van der Waals surface area contributed by atoms with Crippen LogP contribution in [-0.2, 0) is 4.74 Å². The van der Waals surface area contributed by atoms with E-state index in [0.717, 1.165) is 15.4 Å². The van der Waals surface area contributed by atoms with Gasteiger partial charge in [0.05, 0.1) is 19.2 Å². The summed E-state index contributed by atoms with van der Waals surface area (Å²) in [6.07, 6.45) is -1.66. The number of likely N-dealkylation sites (tertiary alicyclic amines) is 1. The molecular weight excluding hydrogens is 393 g/mol. The number of aryl methyl sites for hydroxylation is 1. The molecule has 0 aliphatic carbocycles. The fourth-order valence-corrected chi connectivity index (χ4v) is 3.90. The summed E-state index contributed by atoms with van der Waals surface area (Å²) in [5, 5.41) is 0.757. The molecule has 0 bridgehead atoms. The van der Waals surface area contributed by atoms with Gasteiger partial charge in [-0.15, -0.1) is 11.3 Å². The summed E-state index contributed by atoms with van der Waals surface area (Å²) in [5.74, 6) is -0.000000916. The van der Waals surface area contributed by atoms with Crippen LogP contribution < -0.4 is 4.74 Å². The standard InChI is InChI=1S/C19H21F3N2O3S/c1-12-10-23-17(28-12)13-7-14(18(25)26-2)9-16(8-13)27-15-3-5-24(6-4-15)11-19(20,21)22/h7-10,15H,3-6,11H2,1-2H3. The molecule has 1 fully saturated rings. The van der Waals surface area contributed by atoms with E-state index in [0.29, 0.717) is 37.2 Å². The van der Waals surface area contributed by atoms with E-state index in [1.54, 1.807) is 24.4 Å². The van der Waals surface area contributed by atoms with E-state index >= 15 is 0 Å². The van der Waals surface area contributed by atoms with Crippen molar-refractivity contribution < 1.29 is 27.4 Å². The highest BCUT2D eigenvalue weighted by atomic mass is 32.1. The molecule has 5 nitrogen and oxygen atoms in total. The number of carbonyl (C=O) groups is 1. The highest BCUT2D eigenvalue weighted by Crippen LogP contribution is 2.31. The summed E-state index contributed by atoms with van der Waals surface area (Å²) < 4.78 is 48.4. The molecule has 0 radical (unpaired) electrons. The number of nitrogens with zero attached hydrogens (tertiary/aromatic N) is 2. The van der Waals surface area contributed by atoms with E-state index in [1.807, 2.05) is 6.92 Å². The van der Waals surface area contributed by atoms with Gasteiger partial charge in [-0.2, -0.15) is 13.2 Å². The number of carbonyl (C=O) groups excluding carboxylic acids is 1. The molecular formula is C19H21F3N2O3S. The molecule has 2 heterocycles. The zero-order valence-electron chi connectivity index (χ0n) is 15.6. The first-order valence-electron chi connectivity index (χ1n) is 8.85. The Morgan fingerprint density at radius 2 is 2.00 bits per heavy atom. The molecule has 1 aliphatic rings. The van der Waals surface area contributed by atoms with Crippen LogP contribution in [0.1, 0.15) is 28.1 Å². The highest BCUT2D eigenvalue weighted by Gasteiger charge is 2.33. The summed E-state index contributed by atoms with van der Waals surface area (Å²) in [4.78, 5) is 18.8. The number of halogens is 3. The van der Waals surface area contributed by atoms with Gasteiger partial charge in [-0.25, -0.2) is 9.78 Å². The summed E-state index contributed by atoms with van der Waals surface area (Å²) in [7, 11) is 1.31. The molecule has 0 saturated carbocycles. The Labute approximate surface area is 165 Å². The molecule has 1 aromatic heterocycles. The van der Waals surface area contributed by atoms with Gasteiger partial charge in [0.2, 0.25) is 0 Å². The number of ether oxygens (including phenoxy) is 2. The van der Waals surface area contributed by atoms with Crippen LogP contribution in [-0.4, -0.2) is 54.9 Å². The van der Waals surface area contributed by atoms with Crippen LogP contribution in [0, 0.1) is 6.92 Å². The molecule has 1 saturated heterocycles. The van der Waals surface area contributed by atoms with Crippen molar-refractivity contribution in [3.8, 4) is 16.3 Å². The largest absolute Gasteiger partial charge is 0.490 e. The average Bonchev–Trinajstić information content (AvgIpc) is 3.08. The van der Waals surface area contributed by atoms with Crippen molar-refractivity contribution in [1.29, 1.82) is 0 Å². The van der Waals surface area contributed by atoms with Crippen molar-refractivity contribution in [2.24, 2.45) is 0 Å². The number of benzene rings is 1. The topological polar surface area (TPSA) is 51.7 Å². The molecule has 3 rings (SSSR count). The lowest BCUT2D eigenvalue weighted by atomic mass is 10.1. The minimum Gasteiger partial charge on any atom is -0.490 e. The first-order chi connectivity index (χ1) is 13.2. The quantitative estimate of drug-likeness (QED) is 0.683. The minimum atomic E-state index is -4.19. The average molecular weight is 414 g/mol. The van der Waals surface area contributed by atoms with Crippen LogP contribution in [0.2, 0.25) is 0 Å². The van der Waals surface area contributed by atoms with Gasteiger partial charge < -0.3 is 9.47 Å². The molecule has 28 heavy (non-hydrogen) atoms. The van der Waals surface area contributed by atoms with E-state index in [4.69, 9.17) is 9.47 Å². The Morgan fingerprint density at radius 1 is 1.29 bits per heavy atom. The predicted octanol–water partition coefficient (Wildman–Crippen LogP) is 4.31. The zero-order chi connectivity index (χ0) is 20.3. The second-order valence-corrected chi connectivity index (χ2v) is 7.96. The molecule has 1 aromatic carbocycles. The maximum Gasteiger partial charge on any atom is 0.401 e. The van der Waals surface area contributed by atoms with Gasteiger partial charge in [0.1, 0.15) is 16.9 Å². The molecule has 1 aliphatic heterocycles. The molecule has 0 N–H and O–H groups in total. The van der Waals surface area contributed by atoms with Crippen LogP contribution in [0.3, 0.4) is 0 Å². The zero-order valence-corrected chi connectivity index (χ0v) is 16.4. The van der Waals surface area contributed by atoms with Crippen LogP contribution in [0.15, 0.2) is 24.4 Å². The fourth-order valence-electron chi connectivity index (χ4n) is 3.15. The number of rotatable bonds is 5. The van der Waals surface area contributed by atoms with Crippen molar-refractivity contribution in [2.75, 3.05) is 26.7 Å². The normalized spacial score (nSPS) is 16.2. The SMILES string of the molecule is COC(=O)c1cc(OC2CCN(CC(F)(F)F)CC2)cc(-c2ncc(C)s2)c1. The van der Waals surface area contributed by atoms with Gasteiger partial charge in [0.25, 0.3) is 0 Å². The second-order valence-electron chi connectivity index (χ2n) is 6.72. The summed E-state index contributed by atoms with van der Waals surface area (Å²) in [6, 6.07) is 5.09. The number of esters is 1. The number of thiazole rings is 1. The van der Waals surface area contributed by atoms with E-state index in [-0.39, 0.29) is 6.10 Å². The van der Waals surface area contributed by atoms with Crippen molar-refractivity contribution in [3.05, 3.63) is 34.8 Å². The number of aromatic nitrogens is 1. The highest BCUT2D eigenvalue weighted by molar-refractivity contribution is 7.14. The first kappa shape index (κ1) is 20.6. The molecule has 2 aromatic rings. The first-order valence-corrected chi connectivity index (χ1v) is 9.67. The van der Waals surface area contributed by atoms with Crippen LogP contribution in [0.5, 0.6) is 5.75 Å². The number of hydrogen-bond acceptors (Lipinski definition) is 6. The van der Waals surface area contributed by atoms with Crippen molar-refractivity contribution in [3.63, 3.8) is 0 Å². The van der Waals surface area contributed by atoms with Crippen molar-refractivity contribution in [2.45, 2.75) is 32.0 Å². The molecule has 152 valence electrons. The molecule has 0 spiro atoms. The number of piperidine rings is 1. The Balaban J connectivity index is 1.74. The predicted molar refractivity (Wildman–Crippen MR) is 99.8 cm³/mol. The van der Waals surface area contributed by atoms with Gasteiger partial charge in [-0.3, -0.25) is 4.90 Å². The lowest BCUT2D eigenvalue weighted by Gasteiger charge is -2.32. The van der Waals surface area contributed by atoms with E-state index in [1.165, 1.54) is 23.3 Å². The Kier molecular flexibility index (Phi) is 6.24. The Hall–Kier alpha value is -2.13. The summed E-state index contributed by atoms with van der Waals surface area (Å²) >= 11 is 1.50. The molecule has 9 heteroatoms. The lowest BCUT2D eigenvalue weighted by Crippen LogP contribution is -2.42. The van der Waals surface area contributed by atoms with Crippen molar-refractivity contribution in [1.82, 2.24) is 9.88 Å². The third kappa shape index (κ3) is 5.45. The minimum absolute atomic E-state index is 0.205. The number of alkyl halides is 3. The second kappa shape index (κ2) is 8.48. The van der Waals surface area contributed by atoms with Crippen LogP contribution >= 0.6 is 11.3 Å². The Morgan fingerprint density at radius 3 is 2.57 bits per heavy atom. The maximum absolute atomic E-state index is 12.5.